The standard InChI is InChI=1S/C12H9Cl3FN3/c13-5-1-2-9(6(14)3-5)19-12-8(18)4-7(17)10(15)11(12)16/h1-4,19H,17-18H2. The number of hydrogen-bond donors (Lipinski definition) is 3. The van der Waals surface area contributed by atoms with Gasteiger partial charge in [0.25, 0.3) is 0 Å². The molecule has 0 spiro atoms. The van der Waals surface area contributed by atoms with E-state index in [4.69, 9.17) is 46.3 Å². The molecular weight excluding hydrogens is 312 g/mol. The third-order valence-electron chi connectivity index (χ3n) is 2.46. The maximum Gasteiger partial charge on any atom is 0.169 e. The minimum Gasteiger partial charge on any atom is -0.397 e. The first-order chi connectivity index (χ1) is 8.90. The number of anilines is 4. The molecule has 100 valence electrons. The van der Waals surface area contributed by atoms with E-state index in [0.717, 1.165) is 0 Å². The van der Waals surface area contributed by atoms with E-state index in [1.807, 2.05) is 0 Å². The average Bonchev–Trinajstić information content (AvgIpc) is 2.34. The molecule has 0 aliphatic heterocycles. The maximum atomic E-state index is 14.0. The number of hydrogen-bond acceptors (Lipinski definition) is 3. The molecule has 2 aromatic rings. The Morgan fingerprint density at radius 1 is 1.00 bits per heavy atom. The number of halogens is 4. The number of benzene rings is 2. The summed E-state index contributed by atoms with van der Waals surface area (Å²) in [6.07, 6.45) is 0. The van der Waals surface area contributed by atoms with Crippen molar-refractivity contribution in [1.82, 2.24) is 0 Å². The van der Waals surface area contributed by atoms with Gasteiger partial charge in [0, 0.05) is 5.02 Å². The van der Waals surface area contributed by atoms with Gasteiger partial charge in [-0.25, -0.2) is 4.39 Å². The summed E-state index contributed by atoms with van der Waals surface area (Å²) < 4.78 is 14.0. The molecule has 0 saturated carbocycles. The molecule has 0 atom stereocenters. The summed E-state index contributed by atoms with van der Waals surface area (Å²) in [6, 6.07) is 6.12. The third kappa shape index (κ3) is 2.81. The van der Waals surface area contributed by atoms with E-state index in [0.29, 0.717) is 15.7 Å². The van der Waals surface area contributed by atoms with Crippen LogP contribution in [0.1, 0.15) is 0 Å². The van der Waals surface area contributed by atoms with Crippen LogP contribution in [0.15, 0.2) is 24.3 Å². The highest BCUT2D eigenvalue weighted by atomic mass is 35.5. The molecule has 0 aliphatic rings. The van der Waals surface area contributed by atoms with Crippen molar-refractivity contribution in [3.8, 4) is 0 Å². The van der Waals surface area contributed by atoms with Gasteiger partial charge in [-0.15, -0.1) is 0 Å². The van der Waals surface area contributed by atoms with Crippen molar-refractivity contribution in [3.63, 3.8) is 0 Å². The highest BCUT2D eigenvalue weighted by molar-refractivity contribution is 6.36. The topological polar surface area (TPSA) is 64.1 Å². The molecule has 0 aromatic heterocycles. The summed E-state index contributed by atoms with van der Waals surface area (Å²) in [6.45, 7) is 0. The smallest absolute Gasteiger partial charge is 0.169 e. The first kappa shape index (κ1) is 14.1. The van der Waals surface area contributed by atoms with Gasteiger partial charge in [-0.2, -0.15) is 0 Å². The van der Waals surface area contributed by atoms with Crippen molar-refractivity contribution >= 4 is 57.6 Å². The summed E-state index contributed by atoms with van der Waals surface area (Å²) in [7, 11) is 0. The SMILES string of the molecule is Nc1cc(N)c(Nc2ccc(Cl)cc2Cl)c(F)c1Cl. The first-order valence-corrected chi connectivity index (χ1v) is 6.28. The van der Waals surface area contributed by atoms with Gasteiger partial charge in [0.1, 0.15) is 5.02 Å². The molecule has 0 radical (unpaired) electrons. The molecule has 0 amide bonds. The molecule has 0 saturated heterocycles. The molecule has 0 fully saturated rings. The lowest BCUT2D eigenvalue weighted by atomic mass is 10.2. The predicted molar refractivity (Wildman–Crippen MR) is 80.0 cm³/mol. The minimum absolute atomic E-state index is 0.0171. The number of rotatable bonds is 2. The van der Waals surface area contributed by atoms with Crippen LogP contribution in [-0.4, -0.2) is 0 Å². The van der Waals surface area contributed by atoms with Gasteiger partial charge in [-0.05, 0) is 24.3 Å². The Morgan fingerprint density at radius 3 is 2.32 bits per heavy atom. The molecule has 3 nitrogen and oxygen atoms in total. The molecule has 0 unspecified atom stereocenters. The monoisotopic (exact) mass is 319 g/mol. The quantitative estimate of drug-likeness (QED) is 0.703. The minimum atomic E-state index is -0.731. The Labute approximate surface area is 124 Å². The second kappa shape index (κ2) is 5.33. The number of nitrogens with two attached hydrogens (primary N) is 2. The predicted octanol–water partition coefficient (Wildman–Crippen LogP) is 4.69. The molecule has 5 N–H and O–H groups in total. The van der Waals surface area contributed by atoms with Gasteiger partial charge in [0.2, 0.25) is 0 Å². The Kier molecular flexibility index (Phi) is 3.94. The summed E-state index contributed by atoms with van der Waals surface area (Å²) in [5.41, 5.74) is 11.9. The van der Waals surface area contributed by atoms with Gasteiger partial charge in [0.15, 0.2) is 5.82 Å². The van der Waals surface area contributed by atoms with Crippen molar-refractivity contribution in [1.29, 1.82) is 0 Å². The molecule has 7 heteroatoms. The molecule has 0 bridgehead atoms. The molecule has 2 aromatic carbocycles. The van der Waals surface area contributed by atoms with E-state index in [1.165, 1.54) is 12.1 Å². The van der Waals surface area contributed by atoms with Crippen LogP contribution < -0.4 is 16.8 Å². The zero-order valence-corrected chi connectivity index (χ0v) is 11.7. The Morgan fingerprint density at radius 2 is 1.68 bits per heavy atom. The molecule has 0 heterocycles. The van der Waals surface area contributed by atoms with Crippen molar-refractivity contribution in [3.05, 3.63) is 45.2 Å². The highest BCUT2D eigenvalue weighted by Gasteiger charge is 2.15. The lowest BCUT2D eigenvalue weighted by Gasteiger charge is -2.14. The van der Waals surface area contributed by atoms with Crippen molar-refractivity contribution in [2.45, 2.75) is 0 Å². The summed E-state index contributed by atoms with van der Waals surface area (Å²) in [4.78, 5) is 0. The van der Waals surface area contributed by atoms with Crippen LogP contribution in [-0.2, 0) is 0 Å². The Hall–Kier alpha value is -1.36. The normalized spacial score (nSPS) is 10.5. The Bertz CT molecular complexity index is 647. The van der Waals surface area contributed by atoms with E-state index in [9.17, 15) is 4.39 Å². The summed E-state index contributed by atoms with van der Waals surface area (Å²) in [5, 5.41) is 3.38. The van der Waals surface area contributed by atoms with Gasteiger partial charge < -0.3 is 16.8 Å². The van der Waals surface area contributed by atoms with E-state index < -0.39 is 5.82 Å². The van der Waals surface area contributed by atoms with Crippen LogP contribution in [0.5, 0.6) is 0 Å². The number of nitrogens with one attached hydrogen (secondary N) is 1. The fourth-order valence-corrected chi connectivity index (χ4v) is 2.12. The van der Waals surface area contributed by atoms with Crippen molar-refractivity contribution in [2.75, 3.05) is 16.8 Å². The molecule has 2 rings (SSSR count). The van der Waals surface area contributed by atoms with Crippen LogP contribution >= 0.6 is 34.8 Å². The van der Waals surface area contributed by atoms with Crippen LogP contribution in [0.4, 0.5) is 27.1 Å². The second-order valence-corrected chi connectivity index (χ2v) is 5.03. The number of nitrogen functional groups attached to an aromatic ring is 2. The largest absolute Gasteiger partial charge is 0.397 e. The fraction of sp³-hybridized carbons (Fsp3) is 0. The maximum absolute atomic E-state index is 14.0. The van der Waals surface area contributed by atoms with E-state index in [1.54, 1.807) is 12.1 Å². The second-order valence-electron chi connectivity index (χ2n) is 3.81. The average molecular weight is 321 g/mol. The zero-order chi connectivity index (χ0) is 14.2. The first-order valence-electron chi connectivity index (χ1n) is 5.15. The molecule has 19 heavy (non-hydrogen) atoms. The summed E-state index contributed by atoms with van der Waals surface area (Å²) >= 11 is 17.5. The van der Waals surface area contributed by atoms with E-state index >= 15 is 0 Å². The van der Waals surface area contributed by atoms with Crippen LogP contribution in [0.3, 0.4) is 0 Å². The van der Waals surface area contributed by atoms with Crippen molar-refractivity contribution < 1.29 is 4.39 Å². The van der Waals surface area contributed by atoms with Gasteiger partial charge in [-0.1, -0.05) is 34.8 Å². The lowest BCUT2D eigenvalue weighted by Crippen LogP contribution is -2.03. The summed E-state index contributed by atoms with van der Waals surface area (Å²) in [5.74, 6) is -0.731. The van der Waals surface area contributed by atoms with E-state index in [2.05, 4.69) is 5.32 Å². The van der Waals surface area contributed by atoms with Gasteiger partial charge in [-0.3, -0.25) is 0 Å². The van der Waals surface area contributed by atoms with Crippen molar-refractivity contribution in [2.24, 2.45) is 0 Å². The van der Waals surface area contributed by atoms with E-state index in [-0.39, 0.29) is 22.1 Å². The van der Waals surface area contributed by atoms with Crippen LogP contribution in [0.2, 0.25) is 15.1 Å². The third-order valence-corrected chi connectivity index (χ3v) is 3.39. The Balaban J connectivity index is 2.47. The van der Waals surface area contributed by atoms with Crippen LogP contribution in [0.25, 0.3) is 0 Å². The molecular formula is C12H9Cl3FN3. The van der Waals surface area contributed by atoms with Crippen LogP contribution in [0, 0.1) is 5.82 Å². The van der Waals surface area contributed by atoms with Gasteiger partial charge in [0.05, 0.1) is 27.8 Å². The lowest BCUT2D eigenvalue weighted by molar-refractivity contribution is 0.633. The zero-order valence-electron chi connectivity index (χ0n) is 9.48. The fourth-order valence-electron chi connectivity index (χ4n) is 1.52. The van der Waals surface area contributed by atoms with Gasteiger partial charge >= 0.3 is 0 Å². The molecule has 0 aliphatic carbocycles. The highest BCUT2D eigenvalue weighted by Crippen LogP contribution is 2.37.